The molecule has 0 aromatic carbocycles. The first-order valence-electron chi connectivity index (χ1n) is 4.97. The Morgan fingerprint density at radius 2 is 2.44 bits per heavy atom. The quantitative estimate of drug-likeness (QED) is 0.777. The van der Waals surface area contributed by atoms with Crippen LogP contribution in [0.25, 0.3) is 5.57 Å². The van der Waals surface area contributed by atoms with Crippen LogP contribution in [0.1, 0.15) is 24.5 Å². The molecule has 1 aromatic heterocycles. The highest BCUT2D eigenvalue weighted by atomic mass is 127. The first-order chi connectivity index (χ1) is 7.80. The van der Waals surface area contributed by atoms with Crippen LogP contribution in [-0.2, 0) is 11.3 Å². The van der Waals surface area contributed by atoms with Crippen molar-refractivity contribution in [3.05, 3.63) is 23.5 Å². The molecule has 16 heavy (non-hydrogen) atoms. The molecule has 0 radical (unpaired) electrons. The molecular weight excluding hydrogens is 337 g/mol. The van der Waals surface area contributed by atoms with E-state index in [1.54, 1.807) is 16.0 Å². The number of halogens is 1. The largest absolute Gasteiger partial charge is 0.496 e. The highest BCUT2D eigenvalue weighted by Gasteiger charge is 2.19. The van der Waals surface area contributed by atoms with Crippen LogP contribution in [0.2, 0.25) is 0 Å². The molecule has 0 fully saturated rings. The monoisotopic (exact) mass is 349 g/mol. The van der Waals surface area contributed by atoms with Crippen molar-refractivity contribution in [2.45, 2.75) is 25.0 Å². The van der Waals surface area contributed by atoms with Gasteiger partial charge in [-0.15, -0.1) is 0 Å². The molecule has 0 atom stereocenters. The Labute approximate surface area is 111 Å². The van der Waals surface area contributed by atoms with Crippen LogP contribution >= 0.6 is 30.1 Å². The van der Waals surface area contributed by atoms with Gasteiger partial charge in [0, 0.05) is 21.2 Å². The van der Waals surface area contributed by atoms with Crippen molar-refractivity contribution in [3.8, 4) is 5.88 Å². The number of methoxy groups -OCH3 is 1. The van der Waals surface area contributed by atoms with E-state index in [0.717, 1.165) is 17.0 Å². The Morgan fingerprint density at radius 1 is 1.62 bits per heavy atom. The molecule has 0 unspecified atom stereocenters. The Hall–Kier alpha value is -0.430. The summed E-state index contributed by atoms with van der Waals surface area (Å²) in [5, 5.41) is 0.970. The van der Waals surface area contributed by atoms with Crippen molar-refractivity contribution < 1.29 is 9.47 Å². The van der Waals surface area contributed by atoms with Gasteiger partial charge in [-0.1, -0.05) is 6.92 Å². The molecule has 1 aliphatic rings. The highest BCUT2D eigenvalue weighted by molar-refractivity contribution is 14.2. The second-order valence-corrected chi connectivity index (χ2v) is 5.27. The third-order valence-corrected chi connectivity index (χ3v) is 4.24. The number of aromatic nitrogens is 1. The van der Waals surface area contributed by atoms with Crippen LogP contribution in [0.4, 0.5) is 0 Å². The summed E-state index contributed by atoms with van der Waals surface area (Å²) in [6.45, 7) is 2.66. The number of hydrogen-bond acceptors (Lipinski definition) is 4. The van der Waals surface area contributed by atoms with Gasteiger partial charge < -0.3 is 9.47 Å². The number of fused-ring (bicyclic) bond motifs is 1. The number of hydrogen-bond donors (Lipinski definition) is 0. The lowest BCUT2D eigenvalue weighted by atomic mass is 9.99. The summed E-state index contributed by atoms with van der Waals surface area (Å²) in [6, 6.07) is 2.10. The molecule has 0 amide bonds. The van der Waals surface area contributed by atoms with E-state index < -0.39 is 0 Å². The van der Waals surface area contributed by atoms with Crippen LogP contribution in [0.5, 0.6) is 5.88 Å². The van der Waals surface area contributed by atoms with Crippen molar-refractivity contribution in [1.82, 2.24) is 4.98 Å². The van der Waals surface area contributed by atoms with Gasteiger partial charge in [-0.25, -0.2) is 4.98 Å². The fraction of sp³-hybridized carbons (Fsp3) is 0.364. The van der Waals surface area contributed by atoms with Crippen LogP contribution in [0.3, 0.4) is 0 Å². The summed E-state index contributed by atoms with van der Waals surface area (Å²) in [5.41, 5.74) is 3.46. The lowest BCUT2D eigenvalue weighted by Crippen LogP contribution is -2.06. The van der Waals surface area contributed by atoms with E-state index in [0.29, 0.717) is 12.5 Å². The van der Waals surface area contributed by atoms with Gasteiger partial charge >= 0.3 is 0 Å². The van der Waals surface area contributed by atoms with E-state index in [1.807, 2.05) is 6.26 Å². The van der Waals surface area contributed by atoms with E-state index >= 15 is 0 Å². The molecule has 0 aliphatic carbocycles. The average Bonchev–Trinajstić information content (AvgIpc) is 2.36. The zero-order valence-electron chi connectivity index (χ0n) is 9.12. The van der Waals surface area contributed by atoms with E-state index in [1.165, 1.54) is 11.1 Å². The second-order valence-electron chi connectivity index (χ2n) is 3.38. The number of nitrogens with zero attached hydrogens (tertiary/aromatic N) is 1. The number of allylic oxidation sites excluding steroid dienone is 1. The molecule has 0 saturated heterocycles. The third-order valence-electron chi connectivity index (χ3n) is 2.52. The maximum absolute atomic E-state index is 5.42. The molecule has 2 heterocycles. The number of rotatable bonds is 3. The molecule has 5 heteroatoms. The average molecular weight is 349 g/mol. The molecule has 0 spiro atoms. The first kappa shape index (κ1) is 12.0. The summed E-state index contributed by atoms with van der Waals surface area (Å²) >= 11 is 2.23. The van der Waals surface area contributed by atoms with Crippen LogP contribution in [0.15, 0.2) is 17.4 Å². The standard InChI is InChI=1S/C11H12INO2S/c1-3-7-5-15-6-9-8(7)4-10(16-12)13-11(9)14-2/h4-5H,3,6H2,1-2H3. The normalized spacial score (nSPS) is 13.8. The van der Waals surface area contributed by atoms with Crippen LogP contribution in [-0.4, -0.2) is 12.1 Å². The summed E-state index contributed by atoms with van der Waals surface area (Å²) in [6.07, 6.45) is 2.79. The Kier molecular flexibility index (Phi) is 3.96. The molecule has 1 aromatic rings. The third kappa shape index (κ3) is 2.15. The minimum Gasteiger partial charge on any atom is -0.496 e. The molecule has 2 rings (SSSR count). The molecule has 0 saturated carbocycles. The van der Waals surface area contributed by atoms with E-state index in [9.17, 15) is 0 Å². The van der Waals surface area contributed by atoms with Gasteiger partial charge in [-0.05, 0) is 32.6 Å². The zero-order valence-corrected chi connectivity index (χ0v) is 12.1. The fourth-order valence-electron chi connectivity index (χ4n) is 1.72. The Balaban J connectivity index is 2.57. The lowest BCUT2D eigenvalue weighted by Gasteiger charge is -2.19. The van der Waals surface area contributed by atoms with Gasteiger partial charge in [0.1, 0.15) is 11.6 Å². The first-order valence-corrected chi connectivity index (χ1v) is 8.33. The van der Waals surface area contributed by atoms with E-state index in [-0.39, 0.29) is 0 Å². The van der Waals surface area contributed by atoms with Crippen molar-refractivity contribution in [1.29, 1.82) is 0 Å². The van der Waals surface area contributed by atoms with E-state index in [2.05, 4.69) is 39.2 Å². The predicted octanol–water partition coefficient (Wildman–Crippen LogP) is 3.81. The topological polar surface area (TPSA) is 31.4 Å². The molecule has 3 nitrogen and oxygen atoms in total. The molecule has 0 bridgehead atoms. The van der Waals surface area contributed by atoms with Crippen molar-refractivity contribution in [2.24, 2.45) is 0 Å². The second kappa shape index (κ2) is 5.27. The van der Waals surface area contributed by atoms with Crippen LogP contribution < -0.4 is 4.74 Å². The van der Waals surface area contributed by atoms with Crippen molar-refractivity contribution in [2.75, 3.05) is 7.11 Å². The lowest BCUT2D eigenvalue weighted by molar-refractivity contribution is 0.225. The minimum atomic E-state index is 0.543. The fourth-order valence-corrected chi connectivity index (χ4v) is 2.68. The SMILES string of the molecule is CCC1=COCc2c1cc(SI)nc2OC. The summed E-state index contributed by atoms with van der Waals surface area (Å²) < 4.78 is 10.7. The molecule has 1 aliphatic heterocycles. The highest BCUT2D eigenvalue weighted by Crippen LogP contribution is 2.36. The van der Waals surface area contributed by atoms with Crippen molar-refractivity contribution in [3.63, 3.8) is 0 Å². The molecule has 0 N–H and O–H groups in total. The van der Waals surface area contributed by atoms with Crippen LogP contribution in [0, 0.1) is 0 Å². The minimum absolute atomic E-state index is 0.543. The van der Waals surface area contributed by atoms with E-state index in [4.69, 9.17) is 9.47 Å². The maximum atomic E-state index is 5.42. The summed E-state index contributed by atoms with van der Waals surface area (Å²) in [4.78, 5) is 4.42. The predicted molar refractivity (Wildman–Crippen MR) is 73.7 cm³/mol. The molecular formula is C11H12INO2S. The van der Waals surface area contributed by atoms with Gasteiger partial charge in [0.05, 0.1) is 18.9 Å². The smallest absolute Gasteiger partial charge is 0.221 e. The molecule has 86 valence electrons. The Bertz CT molecular complexity index is 434. The number of ether oxygens (including phenoxy) is 2. The zero-order chi connectivity index (χ0) is 11.5. The maximum Gasteiger partial charge on any atom is 0.221 e. The van der Waals surface area contributed by atoms with Crippen molar-refractivity contribution >= 4 is 35.7 Å². The summed E-state index contributed by atoms with van der Waals surface area (Å²) in [5.74, 6) is 0.677. The Morgan fingerprint density at radius 3 is 3.06 bits per heavy atom. The van der Waals surface area contributed by atoms with Gasteiger partial charge in [0.2, 0.25) is 5.88 Å². The number of pyridine rings is 1. The van der Waals surface area contributed by atoms with Gasteiger partial charge in [-0.3, -0.25) is 0 Å². The summed E-state index contributed by atoms with van der Waals surface area (Å²) in [7, 11) is 3.24. The van der Waals surface area contributed by atoms with Gasteiger partial charge in [0.25, 0.3) is 0 Å². The van der Waals surface area contributed by atoms with Gasteiger partial charge in [-0.2, -0.15) is 0 Å². The van der Waals surface area contributed by atoms with Gasteiger partial charge in [0.15, 0.2) is 0 Å².